The van der Waals surface area contributed by atoms with E-state index in [4.69, 9.17) is 0 Å². The minimum atomic E-state index is -0.218. The third kappa shape index (κ3) is 3.96. The zero-order valence-corrected chi connectivity index (χ0v) is 16.9. The Labute approximate surface area is 175 Å². The molecule has 150 valence electrons. The van der Waals surface area contributed by atoms with Gasteiger partial charge in [-0.15, -0.1) is 0 Å². The van der Waals surface area contributed by atoms with Crippen molar-refractivity contribution in [3.8, 4) is 0 Å². The molecule has 0 saturated carbocycles. The summed E-state index contributed by atoms with van der Waals surface area (Å²) < 4.78 is 1.90. The lowest BCUT2D eigenvalue weighted by Crippen LogP contribution is -2.28. The van der Waals surface area contributed by atoms with Gasteiger partial charge in [0.2, 0.25) is 0 Å². The van der Waals surface area contributed by atoms with E-state index < -0.39 is 0 Å². The molecule has 5 nitrogen and oxygen atoms in total. The van der Waals surface area contributed by atoms with E-state index in [1.54, 1.807) is 12.1 Å². The van der Waals surface area contributed by atoms with Gasteiger partial charge < -0.3 is 15.2 Å². The van der Waals surface area contributed by atoms with E-state index in [0.29, 0.717) is 16.9 Å². The van der Waals surface area contributed by atoms with Gasteiger partial charge in [-0.2, -0.15) is 0 Å². The van der Waals surface area contributed by atoms with Crippen molar-refractivity contribution in [1.29, 1.82) is 0 Å². The number of fused-ring (bicyclic) bond motifs is 1. The second kappa shape index (κ2) is 8.25. The Morgan fingerprint density at radius 3 is 2.33 bits per heavy atom. The number of amides is 2. The first-order valence-electron chi connectivity index (χ1n) is 9.84. The van der Waals surface area contributed by atoms with Gasteiger partial charge in [0.1, 0.15) is 5.69 Å². The van der Waals surface area contributed by atoms with Gasteiger partial charge in [-0.3, -0.25) is 9.59 Å². The maximum atomic E-state index is 12.9. The van der Waals surface area contributed by atoms with E-state index in [9.17, 15) is 9.59 Å². The molecule has 3 aromatic carbocycles. The second-order valence-corrected chi connectivity index (χ2v) is 7.29. The van der Waals surface area contributed by atoms with Crippen LogP contribution >= 0.6 is 0 Å². The van der Waals surface area contributed by atoms with Gasteiger partial charge in [0, 0.05) is 29.2 Å². The average molecular weight is 397 g/mol. The minimum absolute atomic E-state index is 0.139. The fourth-order valence-electron chi connectivity index (χ4n) is 3.54. The molecule has 0 bridgehead atoms. The van der Waals surface area contributed by atoms with Crippen LogP contribution in [-0.2, 0) is 7.05 Å². The average Bonchev–Trinajstić information content (AvgIpc) is 3.11. The van der Waals surface area contributed by atoms with Gasteiger partial charge >= 0.3 is 0 Å². The highest BCUT2D eigenvalue weighted by Gasteiger charge is 2.16. The SMILES string of the molecule is CC(NC(=O)c1cc2ccccc2n1C)c1cccc(NC(=O)c2ccccc2)c1. The molecular weight excluding hydrogens is 374 g/mol. The molecule has 4 aromatic rings. The van der Waals surface area contributed by atoms with Gasteiger partial charge in [-0.05, 0) is 48.9 Å². The van der Waals surface area contributed by atoms with Gasteiger partial charge in [-0.1, -0.05) is 48.5 Å². The minimum Gasteiger partial charge on any atom is -0.344 e. The standard InChI is InChI=1S/C25H23N3O2/c1-17(26-25(30)23-16-20-11-6-7-14-22(20)28(23)2)19-12-8-13-21(15-19)27-24(29)18-9-4-3-5-10-18/h3-17H,1-2H3,(H,26,30)(H,27,29). The molecule has 0 aliphatic carbocycles. The maximum absolute atomic E-state index is 12.9. The number of hydrogen-bond donors (Lipinski definition) is 2. The Bertz CT molecular complexity index is 1210. The first-order chi connectivity index (χ1) is 14.5. The smallest absolute Gasteiger partial charge is 0.268 e. The topological polar surface area (TPSA) is 63.1 Å². The summed E-state index contributed by atoms with van der Waals surface area (Å²) in [7, 11) is 1.89. The zero-order chi connectivity index (χ0) is 21.1. The van der Waals surface area contributed by atoms with Gasteiger partial charge in [0.15, 0.2) is 0 Å². The molecule has 0 aliphatic rings. The largest absolute Gasteiger partial charge is 0.344 e. The van der Waals surface area contributed by atoms with E-state index in [1.165, 1.54) is 0 Å². The van der Waals surface area contributed by atoms with Crippen LogP contribution in [0.3, 0.4) is 0 Å². The van der Waals surface area contributed by atoms with Crippen LogP contribution in [-0.4, -0.2) is 16.4 Å². The lowest BCUT2D eigenvalue weighted by atomic mass is 10.1. The summed E-state index contributed by atoms with van der Waals surface area (Å²) in [6.07, 6.45) is 0. The number of rotatable bonds is 5. The van der Waals surface area contributed by atoms with Crippen LogP contribution in [0.4, 0.5) is 5.69 Å². The van der Waals surface area contributed by atoms with Crippen LogP contribution < -0.4 is 10.6 Å². The van der Waals surface area contributed by atoms with Crippen LogP contribution in [0.5, 0.6) is 0 Å². The van der Waals surface area contributed by atoms with Crippen LogP contribution in [0.2, 0.25) is 0 Å². The lowest BCUT2D eigenvalue weighted by molar-refractivity contribution is 0.0931. The number of aryl methyl sites for hydroxylation is 1. The molecule has 0 spiro atoms. The molecule has 0 saturated heterocycles. The Balaban J connectivity index is 1.48. The monoisotopic (exact) mass is 397 g/mol. The number of carbonyl (C=O) groups excluding carboxylic acids is 2. The molecule has 30 heavy (non-hydrogen) atoms. The summed E-state index contributed by atoms with van der Waals surface area (Å²) in [6.45, 7) is 1.93. The predicted molar refractivity (Wildman–Crippen MR) is 120 cm³/mol. The first-order valence-corrected chi connectivity index (χ1v) is 9.84. The molecule has 4 rings (SSSR count). The van der Waals surface area contributed by atoms with E-state index in [1.807, 2.05) is 91.3 Å². The molecule has 1 aromatic heterocycles. The maximum Gasteiger partial charge on any atom is 0.268 e. The number of hydrogen-bond acceptors (Lipinski definition) is 2. The van der Waals surface area contributed by atoms with Crippen molar-refractivity contribution in [3.05, 3.63) is 102 Å². The molecule has 1 unspecified atom stereocenters. The van der Waals surface area contributed by atoms with Gasteiger partial charge in [0.25, 0.3) is 11.8 Å². The van der Waals surface area contributed by atoms with Crippen molar-refractivity contribution in [2.24, 2.45) is 7.05 Å². The van der Waals surface area contributed by atoms with E-state index in [2.05, 4.69) is 10.6 Å². The summed E-state index contributed by atoms with van der Waals surface area (Å²) >= 11 is 0. The summed E-state index contributed by atoms with van der Waals surface area (Å²) in [5.74, 6) is -0.306. The van der Waals surface area contributed by atoms with E-state index in [-0.39, 0.29) is 17.9 Å². The Morgan fingerprint density at radius 1 is 0.833 bits per heavy atom. The molecule has 2 N–H and O–H groups in total. The molecule has 0 fully saturated rings. The van der Waals surface area contributed by atoms with Crippen molar-refractivity contribution < 1.29 is 9.59 Å². The molecule has 1 atom stereocenters. The number of para-hydroxylation sites is 1. The number of anilines is 1. The first kappa shape index (κ1) is 19.5. The molecule has 0 aliphatic heterocycles. The number of nitrogens with one attached hydrogen (secondary N) is 2. The normalized spacial score (nSPS) is 11.8. The van der Waals surface area contributed by atoms with Gasteiger partial charge in [-0.25, -0.2) is 0 Å². The second-order valence-electron chi connectivity index (χ2n) is 7.29. The fourth-order valence-corrected chi connectivity index (χ4v) is 3.54. The third-order valence-corrected chi connectivity index (χ3v) is 5.21. The van der Waals surface area contributed by atoms with Crippen molar-refractivity contribution in [1.82, 2.24) is 9.88 Å². The van der Waals surface area contributed by atoms with Crippen LogP contribution in [0.15, 0.2) is 84.9 Å². The summed E-state index contributed by atoms with van der Waals surface area (Å²) in [4.78, 5) is 25.3. The Kier molecular flexibility index (Phi) is 5.35. The third-order valence-electron chi connectivity index (χ3n) is 5.21. The van der Waals surface area contributed by atoms with Gasteiger partial charge in [0.05, 0.1) is 6.04 Å². The fraction of sp³-hybridized carbons (Fsp3) is 0.120. The van der Waals surface area contributed by atoms with Crippen molar-refractivity contribution in [2.75, 3.05) is 5.32 Å². The van der Waals surface area contributed by atoms with Crippen molar-refractivity contribution >= 4 is 28.4 Å². The van der Waals surface area contributed by atoms with Crippen molar-refractivity contribution in [3.63, 3.8) is 0 Å². The molecule has 5 heteroatoms. The number of aromatic nitrogens is 1. The molecular formula is C25H23N3O2. The van der Waals surface area contributed by atoms with Crippen LogP contribution in [0, 0.1) is 0 Å². The summed E-state index contributed by atoms with van der Waals surface area (Å²) in [5, 5.41) is 6.99. The van der Waals surface area contributed by atoms with E-state index >= 15 is 0 Å². The lowest BCUT2D eigenvalue weighted by Gasteiger charge is -2.16. The molecule has 2 amide bonds. The molecule has 0 radical (unpaired) electrons. The Morgan fingerprint density at radius 2 is 1.57 bits per heavy atom. The highest BCUT2D eigenvalue weighted by Crippen LogP contribution is 2.21. The van der Waals surface area contributed by atoms with E-state index in [0.717, 1.165) is 16.5 Å². The predicted octanol–water partition coefficient (Wildman–Crippen LogP) is 4.92. The summed E-state index contributed by atoms with van der Waals surface area (Å²) in [5.41, 5.74) is 3.82. The van der Waals surface area contributed by atoms with Crippen molar-refractivity contribution in [2.45, 2.75) is 13.0 Å². The number of carbonyl (C=O) groups is 2. The van der Waals surface area contributed by atoms with Crippen LogP contribution in [0.25, 0.3) is 10.9 Å². The molecule has 1 heterocycles. The quantitative estimate of drug-likeness (QED) is 0.502. The summed E-state index contributed by atoms with van der Waals surface area (Å²) in [6, 6.07) is 26.2. The highest BCUT2D eigenvalue weighted by atomic mass is 16.2. The zero-order valence-electron chi connectivity index (χ0n) is 16.9. The number of benzene rings is 3. The Hall–Kier alpha value is -3.86. The highest BCUT2D eigenvalue weighted by molar-refractivity contribution is 6.04. The van der Waals surface area contributed by atoms with Crippen LogP contribution in [0.1, 0.15) is 39.4 Å². The number of nitrogens with zero attached hydrogens (tertiary/aromatic N) is 1.